The van der Waals surface area contributed by atoms with Crippen LogP contribution in [-0.4, -0.2) is 52.6 Å². The monoisotopic (exact) mass is 600 g/mol. The quantitative estimate of drug-likeness (QED) is 0.172. The second-order valence-corrected chi connectivity index (χ2v) is 12.4. The van der Waals surface area contributed by atoms with Gasteiger partial charge in [-0.3, -0.25) is 0 Å². The van der Waals surface area contributed by atoms with Gasteiger partial charge in [0, 0.05) is 62.8 Å². The van der Waals surface area contributed by atoms with Crippen molar-refractivity contribution in [3.63, 3.8) is 0 Å². The van der Waals surface area contributed by atoms with Crippen molar-refractivity contribution in [2.24, 2.45) is 0 Å². The van der Waals surface area contributed by atoms with E-state index in [-0.39, 0.29) is 0 Å². The van der Waals surface area contributed by atoms with Crippen molar-refractivity contribution in [1.82, 2.24) is 0 Å². The van der Waals surface area contributed by atoms with Crippen molar-refractivity contribution in [3.05, 3.63) is 168 Å². The average Bonchev–Trinajstić information content (AvgIpc) is 3.09. The highest BCUT2D eigenvalue weighted by Crippen LogP contribution is 2.42. The maximum absolute atomic E-state index is 2.37. The van der Waals surface area contributed by atoms with Crippen molar-refractivity contribution in [2.45, 2.75) is 0 Å². The van der Waals surface area contributed by atoms with E-state index in [1.165, 1.54) is 72.7 Å². The number of anilines is 2. The predicted octanol–water partition coefficient (Wildman–Crippen LogP) is 9.32. The van der Waals surface area contributed by atoms with E-state index in [4.69, 9.17) is 0 Å². The van der Waals surface area contributed by atoms with E-state index in [0.29, 0.717) is 0 Å². The number of rotatable bonds is 7. The zero-order valence-corrected chi connectivity index (χ0v) is 27.7. The van der Waals surface area contributed by atoms with E-state index in [2.05, 4.69) is 202 Å². The molecule has 0 atom stereocenters. The molecule has 6 rings (SSSR count). The molecular formula is C43H42N3+. The van der Waals surface area contributed by atoms with Crippen LogP contribution in [0.5, 0.6) is 0 Å². The van der Waals surface area contributed by atoms with Gasteiger partial charge in [-0.25, -0.2) is 4.58 Å². The van der Waals surface area contributed by atoms with Gasteiger partial charge < -0.3 is 9.80 Å². The number of nitrogens with zero attached hydrogens (tertiary/aromatic N) is 3. The minimum atomic E-state index is 1.17. The molecule has 0 saturated carbocycles. The topological polar surface area (TPSA) is 9.49 Å². The number of hydrogen-bond acceptors (Lipinski definition) is 2. The second kappa shape index (κ2) is 13.3. The smallest absolute Gasteiger partial charge is 0.200 e. The first-order valence-corrected chi connectivity index (χ1v) is 15.8. The third kappa shape index (κ3) is 6.23. The molecule has 0 spiro atoms. The van der Waals surface area contributed by atoms with Gasteiger partial charge in [-0.1, -0.05) is 103 Å². The molecule has 3 heteroatoms. The van der Waals surface area contributed by atoms with Crippen LogP contribution < -0.4 is 9.80 Å². The van der Waals surface area contributed by atoms with Gasteiger partial charge in [0.15, 0.2) is 5.71 Å². The van der Waals surface area contributed by atoms with Crippen LogP contribution in [0.4, 0.5) is 11.4 Å². The Morgan fingerprint density at radius 3 is 1.35 bits per heavy atom. The fraction of sp³-hybridized carbons (Fsp3) is 0.140. The number of hydrogen-bond donors (Lipinski definition) is 0. The molecule has 0 aromatic heterocycles. The van der Waals surface area contributed by atoms with Crippen molar-refractivity contribution >= 4 is 28.2 Å². The fourth-order valence-electron chi connectivity index (χ4n) is 6.22. The third-order valence-corrected chi connectivity index (χ3v) is 8.58. The van der Waals surface area contributed by atoms with Crippen LogP contribution in [0.3, 0.4) is 0 Å². The van der Waals surface area contributed by atoms with Crippen molar-refractivity contribution in [2.75, 3.05) is 52.1 Å². The fourth-order valence-corrected chi connectivity index (χ4v) is 6.22. The summed E-state index contributed by atoms with van der Waals surface area (Å²) in [4.78, 5) is 4.40. The Morgan fingerprint density at radius 2 is 0.935 bits per heavy atom. The molecule has 0 aliphatic heterocycles. The molecule has 1 aliphatic carbocycles. The van der Waals surface area contributed by atoms with E-state index in [1.807, 2.05) is 0 Å². The van der Waals surface area contributed by atoms with Crippen LogP contribution >= 0.6 is 0 Å². The summed E-state index contributed by atoms with van der Waals surface area (Å²) in [6, 6.07) is 46.0. The van der Waals surface area contributed by atoms with Gasteiger partial charge in [-0.15, -0.1) is 0 Å². The third-order valence-electron chi connectivity index (χ3n) is 8.58. The number of allylic oxidation sites excluding steroid dienone is 5. The SMILES string of the molecule is CN(C)c1ccc(C(=C2C=CC(=[N+](C)C)C=C2c2ccccc2)c2ccc(N(C)C)c(-c3ccccc3)c2)cc1-c1ccccc1. The molecule has 0 saturated heterocycles. The Labute approximate surface area is 274 Å². The largest absolute Gasteiger partial charge is 0.377 e. The van der Waals surface area contributed by atoms with Crippen LogP contribution in [0.1, 0.15) is 16.7 Å². The van der Waals surface area contributed by atoms with Crippen LogP contribution in [0.2, 0.25) is 0 Å². The van der Waals surface area contributed by atoms with Crippen molar-refractivity contribution in [3.8, 4) is 22.3 Å². The second-order valence-electron chi connectivity index (χ2n) is 12.4. The van der Waals surface area contributed by atoms with Crippen LogP contribution in [-0.2, 0) is 0 Å². The zero-order chi connectivity index (χ0) is 32.2. The first-order chi connectivity index (χ1) is 22.3. The molecule has 0 N–H and O–H groups in total. The Kier molecular flexibility index (Phi) is 8.85. The molecule has 0 heterocycles. The minimum Gasteiger partial charge on any atom is -0.377 e. The number of benzene rings is 5. The van der Waals surface area contributed by atoms with Gasteiger partial charge in [0.25, 0.3) is 0 Å². The van der Waals surface area contributed by atoms with Gasteiger partial charge in [0.2, 0.25) is 0 Å². The summed E-state index contributed by atoms with van der Waals surface area (Å²) in [7, 11) is 12.7. The van der Waals surface area contributed by atoms with Crippen LogP contribution in [0, 0.1) is 0 Å². The lowest BCUT2D eigenvalue weighted by Gasteiger charge is -2.24. The summed E-state index contributed by atoms with van der Waals surface area (Å²) in [5.41, 5.74) is 15.5. The van der Waals surface area contributed by atoms with Gasteiger partial charge in [-0.2, -0.15) is 0 Å². The Bertz CT molecular complexity index is 1880. The molecule has 0 radical (unpaired) electrons. The molecule has 1 aliphatic rings. The molecule has 0 fully saturated rings. The first-order valence-electron chi connectivity index (χ1n) is 15.8. The maximum atomic E-state index is 2.37. The highest BCUT2D eigenvalue weighted by Gasteiger charge is 2.23. The lowest BCUT2D eigenvalue weighted by molar-refractivity contribution is -0.462. The van der Waals surface area contributed by atoms with E-state index >= 15 is 0 Å². The van der Waals surface area contributed by atoms with E-state index < -0.39 is 0 Å². The first kappa shape index (κ1) is 30.6. The van der Waals surface area contributed by atoms with Crippen LogP contribution in [0.25, 0.3) is 33.4 Å². The van der Waals surface area contributed by atoms with Gasteiger partial charge in [-0.05, 0) is 74.9 Å². The summed E-state index contributed by atoms with van der Waals surface area (Å²) in [5.74, 6) is 0. The van der Waals surface area contributed by atoms with Crippen LogP contribution in [0.15, 0.2) is 151 Å². The minimum absolute atomic E-state index is 1.17. The summed E-state index contributed by atoms with van der Waals surface area (Å²) in [6.07, 6.45) is 6.86. The average molecular weight is 601 g/mol. The molecule has 0 bridgehead atoms. The molecule has 228 valence electrons. The van der Waals surface area contributed by atoms with E-state index in [9.17, 15) is 0 Å². The maximum Gasteiger partial charge on any atom is 0.200 e. The van der Waals surface area contributed by atoms with Gasteiger partial charge in [0.05, 0.1) is 0 Å². The predicted molar refractivity (Wildman–Crippen MR) is 199 cm³/mol. The molecule has 46 heavy (non-hydrogen) atoms. The Morgan fingerprint density at radius 1 is 0.500 bits per heavy atom. The van der Waals surface area contributed by atoms with Gasteiger partial charge >= 0.3 is 0 Å². The molecule has 5 aromatic rings. The Balaban J connectivity index is 1.70. The van der Waals surface area contributed by atoms with Crippen molar-refractivity contribution in [1.29, 1.82) is 0 Å². The van der Waals surface area contributed by atoms with E-state index in [0.717, 1.165) is 0 Å². The molecule has 0 amide bonds. The summed E-state index contributed by atoms with van der Waals surface area (Å²) < 4.78 is 2.18. The van der Waals surface area contributed by atoms with Gasteiger partial charge in [0.1, 0.15) is 14.1 Å². The zero-order valence-electron chi connectivity index (χ0n) is 27.7. The molecular weight excluding hydrogens is 558 g/mol. The summed E-state index contributed by atoms with van der Waals surface area (Å²) in [6.45, 7) is 0. The Hall–Kier alpha value is -5.41. The highest BCUT2D eigenvalue weighted by atomic mass is 15.1. The van der Waals surface area contributed by atoms with Crippen molar-refractivity contribution < 1.29 is 4.58 Å². The lowest BCUT2D eigenvalue weighted by atomic mass is 9.82. The van der Waals surface area contributed by atoms with E-state index in [1.54, 1.807) is 0 Å². The highest BCUT2D eigenvalue weighted by molar-refractivity contribution is 6.14. The molecule has 0 unspecified atom stereocenters. The normalized spacial score (nSPS) is 12.5. The standard InChI is InChI=1S/C43H42N3/c1-44(2)36-24-25-37(38(30-36)31-16-10-7-11-17-31)43(34-22-26-41(45(3)4)39(28-34)32-18-12-8-13-19-32)35-23-27-42(46(5)6)40(29-35)33-20-14-9-15-21-33/h7-30H,1-6H3/q+1. The lowest BCUT2D eigenvalue weighted by Crippen LogP contribution is -2.13. The molecule has 5 aromatic carbocycles. The summed E-state index contributed by atoms with van der Waals surface area (Å²) in [5, 5.41) is 0. The molecule has 3 nitrogen and oxygen atoms in total. The summed E-state index contributed by atoms with van der Waals surface area (Å²) >= 11 is 0.